The van der Waals surface area contributed by atoms with Gasteiger partial charge in [-0.2, -0.15) is 18.4 Å². The Kier molecular flexibility index (Phi) is 4.78. The summed E-state index contributed by atoms with van der Waals surface area (Å²) in [5.41, 5.74) is 0. The van der Waals surface area contributed by atoms with Gasteiger partial charge in [0, 0.05) is 6.61 Å². The summed E-state index contributed by atoms with van der Waals surface area (Å²) in [7, 11) is 0. The Bertz CT molecular complexity index is 183. The quantitative estimate of drug-likeness (QED) is 0.689. The first kappa shape index (κ1) is 12.2. The summed E-state index contributed by atoms with van der Waals surface area (Å²) >= 11 is 0. The van der Waals surface area contributed by atoms with Crippen molar-refractivity contribution in [3.05, 3.63) is 0 Å². The van der Waals surface area contributed by atoms with E-state index in [-0.39, 0.29) is 12.5 Å². The van der Waals surface area contributed by atoms with E-state index in [0.717, 1.165) is 0 Å². The van der Waals surface area contributed by atoms with Crippen LogP contribution in [0, 0.1) is 23.2 Å². The van der Waals surface area contributed by atoms with E-state index in [1.165, 1.54) is 6.07 Å². The van der Waals surface area contributed by atoms with Crippen LogP contribution in [0.5, 0.6) is 0 Å². The molecule has 0 saturated heterocycles. The lowest BCUT2D eigenvalue weighted by Gasteiger charge is -2.14. The lowest BCUT2D eigenvalue weighted by molar-refractivity contribution is -0.172. The van der Waals surface area contributed by atoms with E-state index in [2.05, 4.69) is 0 Å². The molecule has 76 valence electrons. The van der Waals surface area contributed by atoms with Gasteiger partial charge >= 0.3 is 6.18 Å². The second-order valence-corrected chi connectivity index (χ2v) is 3.15. The van der Waals surface area contributed by atoms with Gasteiger partial charge in [0.1, 0.15) is 0 Å². The van der Waals surface area contributed by atoms with E-state index in [1.807, 2.05) is 13.8 Å². The second-order valence-electron chi connectivity index (χ2n) is 3.15. The molecule has 0 aromatic heterocycles. The highest BCUT2D eigenvalue weighted by Crippen LogP contribution is 2.25. The molecular formula is C8H12F3NO. The van der Waals surface area contributed by atoms with Gasteiger partial charge < -0.3 is 4.74 Å². The normalized spacial score (nSPS) is 14.2. The Morgan fingerprint density at radius 2 is 1.85 bits per heavy atom. The molecule has 0 aromatic carbocycles. The molecule has 13 heavy (non-hydrogen) atoms. The zero-order valence-electron chi connectivity index (χ0n) is 7.56. The minimum Gasteiger partial charge on any atom is -0.379 e. The Morgan fingerprint density at radius 3 is 2.15 bits per heavy atom. The molecule has 0 rings (SSSR count). The lowest BCUT2D eigenvalue weighted by atomic mass is 10.2. The molecule has 0 aliphatic carbocycles. The number of nitrogens with zero attached hydrogens (tertiary/aromatic N) is 1. The summed E-state index contributed by atoms with van der Waals surface area (Å²) in [5, 5.41) is 8.18. The number of alkyl halides is 3. The van der Waals surface area contributed by atoms with E-state index in [0.29, 0.717) is 0 Å². The number of halogens is 3. The zero-order valence-corrected chi connectivity index (χ0v) is 7.56. The first-order valence-corrected chi connectivity index (χ1v) is 3.92. The molecule has 5 heteroatoms. The third-order valence-corrected chi connectivity index (χ3v) is 1.29. The number of ether oxygens (including phenoxy) is 1. The van der Waals surface area contributed by atoms with Gasteiger partial charge in [0.15, 0.2) is 5.92 Å². The molecule has 0 saturated carbocycles. The molecule has 0 aliphatic heterocycles. The van der Waals surface area contributed by atoms with E-state index < -0.39 is 18.7 Å². The summed E-state index contributed by atoms with van der Waals surface area (Å²) in [6.07, 6.45) is -4.48. The number of hydrogen-bond donors (Lipinski definition) is 0. The maximum Gasteiger partial charge on any atom is 0.406 e. The number of rotatable bonds is 4. The van der Waals surface area contributed by atoms with Crippen molar-refractivity contribution >= 4 is 0 Å². The predicted octanol–water partition coefficient (Wildman–Crippen LogP) is 2.36. The summed E-state index contributed by atoms with van der Waals surface area (Å²) in [5.74, 6) is -1.83. The van der Waals surface area contributed by atoms with Crippen LogP contribution in [0.3, 0.4) is 0 Å². The Labute approximate surface area is 75.3 Å². The fraction of sp³-hybridized carbons (Fsp3) is 0.875. The number of hydrogen-bond acceptors (Lipinski definition) is 2. The minimum absolute atomic E-state index is 0.174. The van der Waals surface area contributed by atoms with Gasteiger partial charge in [0.05, 0.1) is 12.7 Å². The maximum absolute atomic E-state index is 11.9. The van der Waals surface area contributed by atoms with Crippen LogP contribution in [0.1, 0.15) is 13.8 Å². The van der Waals surface area contributed by atoms with Crippen LogP contribution in [0.15, 0.2) is 0 Å². The van der Waals surface area contributed by atoms with Crippen LogP contribution < -0.4 is 0 Å². The van der Waals surface area contributed by atoms with Crippen molar-refractivity contribution in [3.63, 3.8) is 0 Å². The molecule has 0 amide bonds. The molecule has 1 unspecified atom stereocenters. The fourth-order valence-corrected chi connectivity index (χ4v) is 0.627. The van der Waals surface area contributed by atoms with Crippen LogP contribution in [-0.4, -0.2) is 19.4 Å². The standard InChI is InChI=1S/C8H12F3NO/c1-6(2)4-13-5-7(3-12)8(9,10)11/h6-7H,4-5H2,1-2H3. The van der Waals surface area contributed by atoms with E-state index in [1.54, 1.807) is 0 Å². The Hall–Kier alpha value is -0.760. The number of nitriles is 1. The topological polar surface area (TPSA) is 33.0 Å². The van der Waals surface area contributed by atoms with Crippen molar-refractivity contribution < 1.29 is 17.9 Å². The lowest BCUT2D eigenvalue weighted by Crippen LogP contribution is -2.26. The largest absolute Gasteiger partial charge is 0.406 e. The van der Waals surface area contributed by atoms with Crippen molar-refractivity contribution in [2.75, 3.05) is 13.2 Å². The van der Waals surface area contributed by atoms with Gasteiger partial charge in [0.25, 0.3) is 0 Å². The molecule has 0 aliphatic rings. The molecule has 2 nitrogen and oxygen atoms in total. The Balaban J connectivity index is 3.83. The first-order valence-electron chi connectivity index (χ1n) is 3.92. The monoisotopic (exact) mass is 195 g/mol. The summed E-state index contributed by atoms with van der Waals surface area (Å²) < 4.78 is 40.6. The third kappa shape index (κ3) is 5.47. The first-order chi connectivity index (χ1) is 5.88. The molecule has 1 atom stereocenters. The van der Waals surface area contributed by atoms with Crippen molar-refractivity contribution in [3.8, 4) is 6.07 Å². The average Bonchev–Trinajstić information content (AvgIpc) is 1.95. The van der Waals surface area contributed by atoms with Crippen LogP contribution in [-0.2, 0) is 4.74 Å². The molecule has 0 bridgehead atoms. The zero-order chi connectivity index (χ0) is 10.5. The van der Waals surface area contributed by atoms with E-state index in [9.17, 15) is 13.2 Å². The van der Waals surface area contributed by atoms with Gasteiger partial charge in [0.2, 0.25) is 0 Å². The van der Waals surface area contributed by atoms with Gasteiger partial charge in [-0.15, -0.1) is 0 Å². The van der Waals surface area contributed by atoms with Gasteiger partial charge in [-0.3, -0.25) is 0 Å². The van der Waals surface area contributed by atoms with Crippen molar-refractivity contribution in [2.24, 2.45) is 11.8 Å². The fourth-order valence-electron chi connectivity index (χ4n) is 0.627. The highest BCUT2D eigenvalue weighted by atomic mass is 19.4. The predicted molar refractivity (Wildman–Crippen MR) is 40.8 cm³/mol. The van der Waals surface area contributed by atoms with Crippen molar-refractivity contribution in [2.45, 2.75) is 20.0 Å². The van der Waals surface area contributed by atoms with Gasteiger partial charge in [-0.05, 0) is 5.92 Å². The molecule has 0 fully saturated rings. The van der Waals surface area contributed by atoms with E-state index in [4.69, 9.17) is 10.00 Å². The molecule has 0 N–H and O–H groups in total. The SMILES string of the molecule is CC(C)COCC(C#N)C(F)(F)F. The summed E-state index contributed by atoms with van der Waals surface area (Å²) in [6, 6.07) is 1.17. The molecule has 0 heterocycles. The average molecular weight is 195 g/mol. The molecule has 0 spiro atoms. The van der Waals surface area contributed by atoms with Crippen LogP contribution in [0.4, 0.5) is 13.2 Å². The minimum atomic E-state index is -4.48. The second kappa shape index (κ2) is 5.07. The van der Waals surface area contributed by atoms with Crippen LogP contribution in [0.2, 0.25) is 0 Å². The van der Waals surface area contributed by atoms with Crippen molar-refractivity contribution in [1.82, 2.24) is 0 Å². The molecule has 0 radical (unpaired) electrons. The van der Waals surface area contributed by atoms with Gasteiger partial charge in [-0.25, -0.2) is 0 Å². The molecular weight excluding hydrogens is 183 g/mol. The highest BCUT2D eigenvalue weighted by Gasteiger charge is 2.39. The van der Waals surface area contributed by atoms with Crippen LogP contribution >= 0.6 is 0 Å². The van der Waals surface area contributed by atoms with Gasteiger partial charge in [-0.1, -0.05) is 13.8 Å². The van der Waals surface area contributed by atoms with E-state index >= 15 is 0 Å². The highest BCUT2D eigenvalue weighted by molar-refractivity contribution is 4.88. The smallest absolute Gasteiger partial charge is 0.379 e. The maximum atomic E-state index is 11.9. The van der Waals surface area contributed by atoms with Crippen LogP contribution in [0.25, 0.3) is 0 Å². The molecule has 0 aromatic rings. The summed E-state index contributed by atoms with van der Waals surface area (Å²) in [4.78, 5) is 0. The Morgan fingerprint density at radius 1 is 1.31 bits per heavy atom. The summed E-state index contributed by atoms with van der Waals surface area (Å²) in [6.45, 7) is 3.33. The third-order valence-electron chi connectivity index (χ3n) is 1.29. The van der Waals surface area contributed by atoms with Crippen molar-refractivity contribution in [1.29, 1.82) is 5.26 Å².